The average molecular weight is 328 g/mol. The van der Waals surface area contributed by atoms with Crippen LogP contribution in [0.25, 0.3) is 0 Å². The van der Waals surface area contributed by atoms with Crippen LogP contribution in [0.2, 0.25) is 0 Å². The third-order valence-corrected chi connectivity index (χ3v) is 3.48. The maximum absolute atomic E-state index is 12.0. The first-order valence-electron chi connectivity index (χ1n) is 7.68. The minimum absolute atomic E-state index is 0.0570. The van der Waals surface area contributed by atoms with E-state index < -0.39 is 6.10 Å². The van der Waals surface area contributed by atoms with Crippen LogP contribution in [0.4, 0.5) is 0 Å². The van der Waals surface area contributed by atoms with E-state index in [4.69, 9.17) is 4.74 Å². The third-order valence-electron chi connectivity index (χ3n) is 3.48. The van der Waals surface area contributed by atoms with Crippen LogP contribution in [0.5, 0.6) is 5.75 Å². The Bertz CT molecular complexity index is 762. The van der Waals surface area contributed by atoms with Crippen LogP contribution in [-0.4, -0.2) is 29.3 Å². The van der Waals surface area contributed by atoms with Crippen LogP contribution < -0.4 is 15.6 Å². The Kier molecular flexibility index (Phi) is 5.89. The fourth-order valence-corrected chi connectivity index (χ4v) is 2.12. The van der Waals surface area contributed by atoms with Crippen molar-refractivity contribution in [2.75, 3.05) is 6.54 Å². The van der Waals surface area contributed by atoms with E-state index >= 15 is 0 Å². The van der Waals surface area contributed by atoms with Gasteiger partial charge in [0.15, 0.2) is 11.9 Å². The molecule has 0 saturated carbocycles. The number of aromatic nitrogens is 1. The molecule has 1 aromatic carbocycles. The molecule has 126 valence electrons. The number of Topliss-reactive ketones (excluding diaryl/α,β-unsaturated/α-hetero) is 1. The van der Waals surface area contributed by atoms with Gasteiger partial charge in [0, 0.05) is 24.4 Å². The number of amides is 1. The van der Waals surface area contributed by atoms with Gasteiger partial charge in [-0.15, -0.1) is 0 Å². The zero-order valence-corrected chi connectivity index (χ0v) is 13.7. The van der Waals surface area contributed by atoms with E-state index in [1.807, 2.05) is 0 Å². The SMILES string of the molecule is CC(=O)c1cccc(O[C@@H](C)C(=O)NCCc2ccc(=O)[nH]c2)c1. The summed E-state index contributed by atoms with van der Waals surface area (Å²) in [6.07, 6.45) is 1.55. The third kappa shape index (κ3) is 5.08. The quantitative estimate of drug-likeness (QED) is 0.757. The molecule has 6 heteroatoms. The topological polar surface area (TPSA) is 88.3 Å². The van der Waals surface area contributed by atoms with Crippen molar-refractivity contribution < 1.29 is 14.3 Å². The van der Waals surface area contributed by atoms with Crippen molar-refractivity contribution in [3.05, 3.63) is 64.1 Å². The van der Waals surface area contributed by atoms with E-state index in [2.05, 4.69) is 10.3 Å². The Morgan fingerprint density at radius 2 is 2.04 bits per heavy atom. The lowest BCUT2D eigenvalue weighted by atomic mass is 10.1. The van der Waals surface area contributed by atoms with Gasteiger partial charge in [0.25, 0.3) is 5.91 Å². The lowest BCUT2D eigenvalue weighted by Crippen LogP contribution is -2.37. The summed E-state index contributed by atoms with van der Waals surface area (Å²) in [7, 11) is 0. The number of carbonyl (C=O) groups excluding carboxylic acids is 2. The number of pyridine rings is 1. The second kappa shape index (κ2) is 8.10. The van der Waals surface area contributed by atoms with E-state index in [9.17, 15) is 14.4 Å². The molecule has 2 N–H and O–H groups in total. The van der Waals surface area contributed by atoms with Crippen molar-refractivity contribution in [2.24, 2.45) is 0 Å². The second-order valence-electron chi connectivity index (χ2n) is 5.45. The fraction of sp³-hybridized carbons (Fsp3) is 0.278. The first-order valence-corrected chi connectivity index (χ1v) is 7.68. The highest BCUT2D eigenvalue weighted by Gasteiger charge is 2.14. The predicted molar refractivity (Wildman–Crippen MR) is 90.3 cm³/mol. The lowest BCUT2D eigenvalue weighted by Gasteiger charge is -2.15. The zero-order chi connectivity index (χ0) is 17.5. The standard InChI is InChI=1S/C18H20N2O4/c1-12(21)15-4-3-5-16(10-15)24-13(2)18(23)19-9-8-14-6-7-17(22)20-11-14/h3-7,10-11,13H,8-9H2,1-2H3,(H,19,23)(H,20,22)/t13-/m0/s1. The summed E-state index contributed by atoms with van der Waals surface area (Å²) in [5, 5.41) is 2.78. The van der Waals surface area contributed by atoms with Crippen LogP contribution in [-0.2, 0) is 11.2 Å². The summed E-state index contributed by atoms with van der Waals surface area (Å²) in [5.41, 5.74) is 1.31. The molecule has 0 bridgehead atoms. The van der Waals surface area contributed by atoms with Crippen molar-refractivity contribution >= 4 is 11.7 Å². The van der Waals surface area contributed by atoms with E-state index in [0.29, 0.717) is 24.3 Å². The van der Waals surface area contributed by atoms with Crippen LogP contribution in [0, 0.1) is 0 Å². The van der Waals surface area contributed by atoms with Crippen LogP contribution in [0.15, 0.2) is 47.4 Å². The molecule has 2 rings (SSSR count). The Labute approximate surface area is 139 Å². The molecule has 2 aromatic rings. The number of aromatic amines is 1. The molecule has 1 atom stereocenters. The fourth-order valence-electron chi connectivity index (χ4n) is 2.12. The van der Waals surface area contributed by atoms with Crippen LogP contribution in [0.1, 0.15) is 29.8 Å². The monoisotopic (exact) mass is 328 g/mol. The molecular formula is C18H20N2O4. The summed E-state index contributed by atoms with van der Waals surface area (Å²) in [6, 6.07) is 9.91. The Morgan fingerprint density at radius 3 is 2.71 bits per heavy atom. The molecule has 6 nitrogen and oxygen atoms in total. The Balaban J connectivity index is 1.83. The van der Waals surface area contributed by atoms with Gasteiger partial charge in [-0.1, -0.05) is 18.2 Å². The molecule has 0 unspecified atom stereocenters. The van der Waals surface area contributed by atoms with Gasteiger partial charge in [0.1, 0.15) is 5.75 Å². The number of benzene rings is 1. The summed E-state index contributed by atoms with van der Waals surface area (Å²) in [6.45, 7) is 3.56. The van der Waals surface area contributed by atoms with Gasteiger partial charge in [-0.2, -0.15) is 0 Å². The van der Waals surface area contributed by atoms with Crippen molar-refractivity contribution in [3.63, 3.8) is 0 Å². The number of ketones is 1. The minimum Gasteiger partial charge on any atom is -0.481 e. The highest BCUT2D eigenvalue weighted by molar-refractivity contribution is 5.94. The molecule has 0 saturated heterocycles. The van der Waals surface area contributed by atoms with Crippen molar-refractivity contribution in [1.29, 1.82) is 0 Å². The summed E-state index contributed by atoms with van der Waals surface area (Å²) < 4.78 is 5.57. The number of nitrogens with one attached hydrogen (secondary N) is 2. The van der Waals surface area contributed by atoms with E-state index in [1.54, 1.807) is 43.5 Å². The molecule has 0 fully saturated rings. The Morgan fingerprint density at radius 1 is 1.25 bits per heavy atom. The molecule has 0 aliphatic heterocycles. The predicted octanol–water partition coefficient (Wildman–Crippen LogP) is 1.70. The van der Waals surface area contributed by atoms with Gasteiger partial charge in [-0.05, 0) is 38.0 Å². The second-order valence-corrected chi connectivity index (χ2v) is 5.45. The van der Waals surface area contributed by atoms with Crippen LogP contribution >= 0.6 is 0 Å². The number of hydrogen-bond acceptors (Lipinski definition) is 4. The van der Waals surface area contributed by atoms with Crippen molar-refractivity contribution in [3.8, 4) is 5.75 Å². The maximum atomic E-state index is 12.0. The molecule has 24 heavy (non-hydrogen) atoms. The smallest absolute Gasteiger partial charge is 0.260 e. The maximum Gasteiger partial charge on any atom is 0.260 e. The molecule has 1 aromatic heterocycles. The normalized spacial score (nSPS) is 11.6. The molecule has 1 amide bonds. The Hall–Kier alpha value is -2.89. The van der Waals surface area contributed by atoms with Crippen molar-refractivity contribution in [1.82, 2.24) is 10.3 Å². The number of rotatable bonds is 7. The lowest BCUT2D eigenvalue weighted by molar-refractivity contribution is -0.127. The van der Waals surface area contributed by atoms with E-state index in [-0.39, 0.29) is 17.2 Å². The molecule has 0 aliphatic rings. The largest absolute Gasteiger partial charge is 0.481 e. The summed E-state index contributed by atoms with van der Waals surface area (Å²) in [5.74, 6) is 0.178. The van der Waals surface area contributed by atoms with Gasteiger partial charge in [0.05, 0.1) is 0 Å². The van der Waals surface area contributed by atoms with Gasteiger partial charge in [-0.3, -0.25) is 14.4 Å². The number of carbonyl (C=O) groups is 2. The molecule has 0 radical (unpaired) electrons. The summed E-state index contributed by atoms with van der Waals surface area (Å²) in [4.78, 5) is 37.0. The van der Waals surface area contributed by atoms with Gasteiger partial charge in [0.2, 0.25) is 5.56 Å². The zero-order valence-electron chi connectivity index (χ0n) is 13.7. The highest BCUT2D eigenvalue weighted by atomic mass is 16.5. The minimum atomic E-state index is -0.678. The van der Waals surface area contributed by atoms with Gasteiger partial charge in [-0.25, -0.2) is 0 Å². The number of hydrogen-bond donors (Lipinski definition) is 2. The van der Waals surface area contributed by atoms with Gasteiger partial charge >= 0.3 is 0 Å². The number of H-pyrrole nitrogens is 1. The van der Waals surface area contributed by atoms with Crippen molar-refractivity contribution in [2.45, 2.75) is 26.4 Å². The molecular weight excluding hydrogens is 308 g/mol. The van der Waals surface area contributed by atoms with Gasteiger partial charge < -0.3 is 15.0 Å². The first-order chi connectivity index (χ1) is 11.5. The van der Waals surface area contributed by atoms with E-state index in [0.717, 1.165) is 5.56 Å². The van der Waals surface area contributed by atoms with E-state index in [1.165, 1.54) is 13.0 Å². The molecule has 0 spiro atoms. The first kappa shape index (κ1) is 17.5. The van der Waals surface area contributed by atoms with Crippen LogP contribution in [0.3, 0.4) is 0 Å². The highest BCUT2D eigenvalue weighted by Crippen LogP contribution is 2.15. The molecule has 0 aliphatic carbocycles. The average Bonchev–Trinajstić information content (AvgIpc) is 2.56. The summed E-state index contributed by atoms with van der Waals surface area (Å²) >= 11 is 0. The number of ether oxygens (including phenoxy) is 1. The molecule has 1 heterocycles.